The number of sulfone groups is 1. The second-order valence-electron chi connectivity index (χ2n) is 7.33. The molecule has 2 aliphatic heterocycles. The van der Waals surface area contributed by atoms with Crippen LogP contribution in [0.15, 0.2) is 48.7 Å². The standard InChI is InChI=1S/C20H25N3O3S/c1-26-18-7-4-5-16(11-18)12-22-9-10-23(13-17-6-2-3-8-21-17)20-15-27(24,25)14-19(20)22/h2-8,11,19-20H,9-10,12-15H2,1H3/t19-,20+/m1/s1. The van der Waals surface area contributed by atoms with Crippen LogP contribution in [0.25, 0.3) is 0 Å². The Hall–Kier alpha value is -1.96. The molecule has 4 rings (SSSR count). The van der Waals surface area contributed by atoms with Gasteiger partial charge in [0, 0.05) is 44.5 Å². The van der Waals surface area contributed by atoms with Crippen molar-refractivity contribution in [1.29, 1.82) is 0 Å². The Bertz CT molecular complexity index is 888. The van der Waals surface area contributed by atoms with E-state index in [-0.39, 0.29) is 23.6 Å². The lowest BCUT2D eigenvalue weighted by molar-refractivity contribution is 0.0347. The van der Waals surface area contributed by atoms with E-state index < -0.39 is 9.84 Å². The average molecular weight is 388 g/mol. The zero-order chi connectivity index (χ0) is 18.9. The van der Waals surface area contributed by atoms with Crippen molar-refractivity contribution in [3.8, 4) is 5.75 Å². The first-order valence-electron chi connectivity index (χ1n) is 9.25. The van der Waals surface area contributed by atoms with Crippen molar-refractivity contribution in [2.45, 2.75) is 25.2 Å². The van der Waals surface area contributed by atoms with Crippen LogP contribution in [-0.2, 0) is 22.9 Å². The number of pyridine rings is 1. The molecular formula is C20H25N3O3S. The normalized spacial score (nSPS) is 25.2. The molecule has 2 aromatic rings. The molecule has 0 spiro atoms. The summed E-state index contributed by atoms with van der Waals surface area (Å²) in [5.74, 6) is 1.30. The van der Waals surface area contributed by atoms with Crippen LogP contribution in [0.5, 0.6) is 5.75 Å². The Kier molecular flexibility index (Phi) is 5.16. The third-order valence-corrected chi connectivity index (χ3v) is 7.22. The second-order valence-corrected chi connectivity index (χ2v) is 9.48. The minimum Gasteiger partial charge on any atom is -0.497 e. The van der Waals surface area contributed by atoms with Gasteiger partial charge in [0.1, 0.15) is 5.75 Å². The molecular weight excluding hydrogens is 362 g/mol. The Morgan fingerprint density at radius 1 is 1.04 bits per heavy atom. The van der Waals surface area contributed by atoms with Gasteiger partial charge < -0.3 is 4.74 Å². The van der Waals surface area contributed by atoms with Gasteiger partial charge in [-0.05, 0) is 29.8 Å². The van der Waals surface area contributed by atoms with Gasteiger partial charge in [-0.3, -0.25) is 14.8 Å². The molecule has 2 saturated heterocycles. The van der Waals surface area contributed by atoms with Crippen molar-refractivity contribution in [2.75, 3.05) is 31.7 Å². The first kappa shape index (κ1) is 18.4. The van der Waals surface area contributed by atoms with Crippen molar-refractivity contribution in [1.82, 2.24) is 14.8 Å². The van der Waals surface area contributed by atoms with Crippen molar-refractivity contribution >= 4 is 9.84 Å². The first-order chi connectivity index (χ1) is 13.0. The second kappa shape index (κ2) is 7.58. The highest BCUT2D eigenvalue weighted by Crippen LogP contribution is 2.29. The van der Waals surface area contributed by atoms with Gasteiger partial charge in [0.2, 0.25) is 0 Å². The van der Waals surface area contributed by atoms with Crippen LogP contribution in [0.1, 0.15) is 11.3 Å². The lowest BCUT2D eigenvalue weighted by atomic mass is 10.0. The van der Waals surface area contributed by atoms with Crippen molar-refractivity contribution in [2.24, 2.45) is 0 Å². The largest absolute Gasteiger partial charge is 0.497 e. The fourth-order valence-electron chi connectivity index (χ4n) is 4.19. The summed E-state index contributed by atoms with van der Waals surface area (Å²) in [4.78, 5) is 9.02. The third kappa shape index (κ3) is 4.15. The number of hydrogen-bond donors (Lipinski definition) is 0. The topological polar surface area (TPSA) is 62.7 Å². The molecule has 27 heavy (non-hydrogen) atoms. The molecule has 0 radical (unpaired) electrons. The smallest absolute Gasteiger partial charge is 0.153 e. The molecule has 2 fully saturated rings. The molecule has 0 bridgehead atoms. The number of aromatic nitrogens is 1. The molecule has 0 N–H and O–H groups in total. The number of benzene rings is 1. The lowest BCUT2D eigenvalue weighted by Gasteiger charge is -2.43. The summed E-state index contributed by atoms with van der Waals surface area (Å²) in [6, 6.07) is 13.9. The van der Waals surface area contributed by atoms with Gasteiger partial charge in [-0.2, -0.15) is 0 Å². The van der Waals surface area contributed by atoms with Gasteiger partial charge in [-0.1, -0.05) is 18.2 Å². The van der Waals surface area contributed by atoms with Crippen LogP contribution >= 0.6 is 0 Å². The van der Waals surface area contributed by atoms with Gasteiger partial charge in [0.05, 0.1) is 24.3 Å². The molecule has 144 valence electrons. The molecule has 3 heterocycles. The van der Waals surface area contributed by atoms with E-state index in [1.165, 1.54) is 0 Å². The summed E-state index contributed by atoms with van der Waals surface area (Å²) in [5.41, 5.74) is 2.14. The van der Waals surface area contributed by atoms with Crippen LogP contribution in [0, 0.1) is 0 Å². The Labute approximate surface area is 160 Å². The zero-order valence-corrected chi connectivity index (χ0v) is 16.3. The number of fused-ring (bicyclic) bond motifs is 1. The summed E-state index contributed by atoms with van der Waals surface area (Å²) < 4.78 is 30.1. The summed E-state index contributed by atoms with van der Waals surface area (Å²) in [7, 11) is -1.36. The predicted octanol–water partition coefficient (Wildman–Crippen LogP) is 1.57. The van der Waals surface area contributed by atoms with Gasteiger partial charge in [-0.15, -0.1) is 0 Å². The maximum absolute atomic E-state index is 12.4. The monoisotopic (exact) mass is 387 g/mol. The van der Waals surface area contributed by atoms with Gasteiger partial charge in [0.25, 0.3) is 0 Å². The van der Waals surface area contributed by atoms with E-state index in [0.29, 0.717) is 6.54 Å². The highest BCUT2D eigenvalue weighted by Gasteiger charge is 2.46. The molecule has 1 aromatic heterocycles. The quantitative estimate of drug-likeness (QED) is 0.776. The molecule has 0 aliphatic carbocycles. The van der Waals surface area contributed by atoms with E-state index in [1.807, 2.05) is 36.4 Å². The van der Waals surface area contributed by atoms with E-state index in [0.717, 1.165) is 36.6 Å². The molecule has 7 heteroatoms. The molecule has 6 nitrogen and oxygen atoms in total. The lowest BCUT2D eigenvalue weighted by Crippen LogP contribution is -2.58. The zero-order valence-electron chi connectivity index (χ0n) is 15.5. The molecule has 0 unspecified atom stereocenters. The Morgan fingerprint density at radius 3 is 2.44 bits per heavy atom. The Balaban J connectivity index is 1.53. The van der Waals surface area contributed by atoms with E-state index in [2.05, 4.69) is 20.9 Å². The number of hydrogen-bond acceptors (Lipinski definition) is 6. The van der Waals surface area contributed by atoms with Crippen LogP contribution in [-0.4, -0.2) is 67.0 Å². The molecule has 0 saturated carbocycles. The summed E-state index contributed by atoms with van der Waals surface area (Å²) in [6.45, 7) is 3.13. The summed E-state index contributed by atoms with van der Waals surface area (Å²) in [5, 5.41) is 0. The maximum atomic E-state index is 12.4. The highest BCUT2D eigenvalue weighted by atomic mass is 32.2. The van der Waals surface area contributed by atoms with Crippen LogP contribution < -0.4 is 4.74 Å². The third-order valence-electron chi connectivity index (χ3n) is 5.52. The van der Waals surface area contributed by atoms with Crippen molar-refractivity contribution < 1.29 is 13.2 Å². The summed E-state index contributed by atoms with van der Waals surface area (Å²) >= 11 is 0. The first-order valence-corrected chi connectivity index (χ1v) is 11.1. The average Bonchev–Trinajstić information content (AvgIpc) is 3.01. The van der Waals surface area contributed by atoms with E-state index in [1.54, 1.807) is 13.3 Å². The SMILES string of the molecule is COc1cccc(CN2CCN(Cc3ccccn3)[C@H]3CS(=O)(=O)C[C@H]32)c1. The Morgan fingerprint density at radius 2 is 1.78 bits per heavy atom. The van der Waals surface area contributed by atoms with Crippen molar-refractivity contribution in [3.05, 3.63) is 59.9 Å². The van der Waals surface area contributed by atoms with Crippen LogP contribution in [0.4, 0.5) is 0 Å². The minimum atomic E-state index is -3.02. The van der Waals surface area contributed by atoms with Crippen LogP contribution in [0.3, 0.4) is 0 Å². The number of methoxy groups -OCH3 is 1. The molecule has 2 aliphatic rings. The van der Waals surface area contributed by atoms with E-state index in [9.17, 15) is 8.42 Å². The molecule has 1 aromatic carbocycles. The van der Waals surface area contributed by atoms with Crippen molar-refractivity contribution in [3.63, 3.8) is 0 Å². The van der Waals surface area contributed by atoms with E-state index >= 15 is 0 Å². The fourth-order valence-corrected chi connectivity index (χ4v) is 6.24. The maximum Gasteiger partial charge on any atom is 0.153 e. The highest BCUT2D eigenvalue weighted by molar-refractivity contribution is 7.91. The van der Waals surface area contributed by atoms with Gasteiger partial charge >= 0.3 is 0 Å². The van der Waals surface area contributed by atoms with Crippen LogP contribution in [0.2, 0.25) is 0 Å². The molecule has 2 atom stereocenters. The fraction of sp³-hybridized carbons (Fsp3) is 0.450. The number of nitrogens with zero attached hydrogens (tertiary/aromatic N) is 3. The van der Waals surface area contributed by atoms with E-state index in [4.69, 9.17) is 4.74 Å². The molecule has 0 amide bonds. The number of piperazine rings is 1. The predicted molar refractivity (Wildman–Crippen MR) is 104 cm³/mol. The minimum absolute atomic E-state index is 0.0244. The summed E-state index contributed by atoms with van der Waals surface area (Å²) in [6.07, 6.45) is 1.79. The number of rotatable bonds is 5. The number of ether oxygens (including phenoxy) is 1. The van der Waals surface area contributed by atoms with Gasteiger partial charge in [0.15, 0.2) is 9.84 Å². The van der Waals surface area contributed by atoms with Gasteiger partial charge in [-0.25, -0.2) is 8.42 Å².